The van der Waals surface area contributed by atoms with Crippen molar-refractivity contribution in [1.82, 2.24) is 5.32 Å². The van der Waals surface area contributed by atoms with Crippen molar-refractivity contribution in [2.45, 2.75) is 47.0 Å². The van der Waals surface area contributed by atoms with Gasteiger partial charge in [0.1, 0.15) is 0 Å². The number of piperidine rings is 1. The van der Waals surface area contributed by atoms with E-state index in [1.807, 2.05) is 0 Å². The summed E-state index contributed by atoms with van der Waals surface area (Å²) in [6.07, 6.45) is 3.07. The first kappa shape index (κ1) is 14.3. The summed E-state index contributed by atoms with van der Waals surface area (Å²) < 4.78 is 0. The fourth-order valence-electron chi connectivity index (χ4n) is 3.10. The lowest BCUT2D eigenvalue weighted by molar-refractivity contribution is 0.0952. The molecule has 1 atom stereocenters. The molecule has 0 bridgehead atoms. The van der Waals surface area contributed by atoms with Gasteiger partial charge in [0, 0.05) is 12.0 Å². The van der Waals surface area contributed by atoms with Crippen molar-refractivity contribution in [3.63, 3.8) is 0 Å². The topological polar surface area (TPSA) is 29.1 Å². The molecule has 104 valence electrons. The van der Waals surface area contributed by atoms with Gasteiger partial charge >= 0.3 is 0 Å². The van der Waals surface area contributed by atoms with Gasteiger partial charge in [0.25, 0.3) is 0 Å². The van der Waals surface area contributed by atoms with E-state index in [0.717, 1.165) is 29.8 Å². The number of ketones is 1. The first-order valence-electron chi connectivity index (χ1n) is 7.32. The van der Waals surface area contributed by atoms with Crippen molar-refractivity contribution in [1.29, 1.82) is 0 Å². The number of Topliss-reactive ketones (excluding diaryl/α,β-unsaturated/α-hetero) is 1. The summed E-state index contributed by atoms with van der Waals surface area (Å²) in [5.74, 6) is 0.844. The maximum atomic E-state index is 12.6. The third-order valence-electron chi connectivity index (χ3n) is 4.52. The van der Waals surface area contributed by atoms with Crippen molar-refractivity contribution in [3.05, 3.63) is 33.9 Å². The number of benzene rings is 1. The van der Waals surface area contributed by atoms with Crippen LogP contribution >= 0.6 is 0 Å². The molecule has 19 heavy (non-hydrogen) atoms. The molecule has 1 heterocycles. The van der Waals surface area contributed by atoms with Gasteiger partial charge in [-0.3, -0.25) is 4.79 Å². The summed E-state index contributed by atoms with van der Waals surface area (Å²) in [6, 6.07) is 2.18. The zero-order chi connectivity index (χ0) is 14.0. The minimum Gasteiger partial charge on any atom is -0.316 e. The van der Waals surface area contributed by atoms with E-state index in [2.05, 4.69) is 39.1 Å². The Hall–Kier alpha value is -1.15. The molecule has 1 saturated heterocycles. The van der Waals surface area contributed by atoms with Crippen LogP contribution in [0.3, 0.4) is 0 Å². The Bertz CT molecular complexity index is 458. The Morgan fingerprint density at radius 3 is 2.37 bits per heavy atom. The van der Waals surface area contributed by atoms with E-state index in [0.29, 0.717) is 18.1 Å². The molecule has 1 aliphatic heterocycles. The van der Waals surface area contributed by atoms with Crippen molar-refractivity contribution in [2.24, 2.45) is 5.92 Å². The molecule has 0 amide bonds. The minimum atomic E-state index is 0.329. The quantitative estimate of drug-likeness (QED) is 0.842. The maximum Gasteiger partial charge on any atom is 0.163 e. The fourth-order valence-corrected chi connectivity index (χ4v) is 3.10. The molecular weight excluding hydrogens is 234 g/mol. The highest BCUT2D eigenvalue weighted by Gasteiger charge is 2.21. The maximum absolute atomic E-state index is 12.6. The molecule has 0 radical (unpaired) electrons. The van der Waals surface area contributed by atoms with Crippen molar-refractivity contribution in [3.8, 4) is 0 Å². The number of carbonyl (C=O) groups is 1. The van der Waals surface area contributed by atoms with E-state index in [4.69, 9.17) is 0 Å². The highest BCUT2D eigenvalue weighted by molar-refractivity contribution is 5.99. The van der Waals surface area contributed by atoms with Gasteiger partial charge in [-0.15, -0.1) is 0 Å². The predicted octanol–water partition coefficient (Wildman–Crippen LogP) is 3.49. The lowest BCUT2D eigenvalue weighted by Crippen LogP contribution is -2.31. The van der Waals surface area contributed by atoms with Crippen LogP contribution in [-0.4, -0.2) is 18.9 Å². The lowest BCUT2D eigenvalue weighted by atomic mass is 9.86. The van der Waals surface area contributed by atoms with Crippen LogP contribution in [0.2, 0.25) is 0 Å². The molecule has 0 spiro atoms. The Balaban J connectivity index is 2.23. The SMILES string of the molecule is Cc1cc(C)c(C)c(C(=O)CC2CCCNC2)c1C. The summed E-state index contributed by atoms with van der Waals surface area (Å²) >= 11 is 0. The molecule has 1 aliphatic rings. The Morgan fingerprint density at radius 1 is 1.21 bits per heavy atom. The van der Waals surface area contributed by atoms with E-state index in [-0.39, 0.29) is 0 Å². The average Bonchev–Trinajstić information content (AvgIpc) is 2.38. The summed E-state index contributed by atoms with van der Waals surface area (Å²) in [5.41, 5.74) is 5.76. The molecule has 0 aliphatic carbocycles. The van der Waals surface area contributed by atoms with E-state index in [9.17, 15) is 4.79 Å². The molecule has 0 saturated carbocycles. The summed E-state index contributed by atoms with van der Waals surface area (Å²) in [4.78, 5) is 12.6. The molecule has 1 fully saturated rings. The molecule has 2 heteroatoms. The number of nitrogens with one attached hydrogen (secondary N) is 1. The van der Waals surface area contributed by atoms with E-state index in [1.165, 1.54) is 24.0 Å². The normalized spacial score (nSPS) is 19.5. The van der Waals surface area contributed by atoms with Gasteiger partial charge in [-0.1, -0.05) is 6.07 Å². The zero-order valence-electron chi connectivity index (χ0n) is 12.6. The third kappa shape index (κ3) is 3.06. The van der Waals surface area contributed by atoms with E-state index < -0.39 is 0 Å². The number of hydrogen-bond donors (Lipinski definition) is 1. The molecule has 1 N–H and O–H groups in total. The van der Waals surface area contributed by atoms with Crippen molar-refractivity contribution < 1.29 is 4.79 Å². The fraction of sp³-hybridized carbons (Fsp3) is 0.588. The van der Waals surface area contributed by atoms with Gasteiger partial charge in [-0.05, 0) is 81.8 Å². The number of hydrogen-bond acceptors (Lipinski definition) is 2. The van der Waals surface area contributed by atoms with Gasteiger partial charge in [0.15, 0.2) is 5.78 Å². The average molecular weight is 259 g/mol. The van der Waals surface area contributed by atoms with Crippen LogP contribution in [0.25, 0.3) is 0 Å². The number of aryl methyl sites for hydroxylation is 2. The van der Waals surface area contributed by atoms with Gasteiger partial charge in [0.2, 0.25) is 0 Å². The van der Waals surface area contributed by atoms with Gasteiger partial charge < -0.3 is 5.32 Å². The largest absolute Gasteiger partial charge is 0.316 e. The number of carbonyl (C=O) groups excluding carboxylic acids is 1. The first-order chi connectivity index (χ1) is 9.00. The second-order valence-electron chi connectivity index (χ2n) is 5.98. The summed E-state index contributed by atoms with van der Waals surface area (Å²) in [5, 5.41) is 3.39. The minimum absolute atomic E-state index is 0.329. The molecule has 0 aromatic heterocycles. The van der Waals surface area contributed by atoms with Crippen molar-refractivity contribution in [2.75, 3.05) is 13.1 Å². The van der Waals surface area contributed by atoms with Crippen molar-refractivity contribution >= 4 is 5.78 Å². The summed E-state index contributed by atoms with van der Waals surface area (Å²) in [6.45, 7) is 10.4. The molecule has 1 unspecified atom stereocenters. The first-order valence-corrected chi connectivity index (χ1v) is 7.32. The van der Waals surface area contributed by atoms with Crippen LogP contribution < -0.4 is 5.32 Å². The lowest BCUT2D eigenvalue weighted by Gasteiger charge is -2.23. The highest BCUT2D eigenvalue weighted by atomic mass is 16.1. The number of rotatable bonds is 3. The van der Waals surface area contributed by atoms with Crippen LogP contribution in [0.5, 0.6) is 0 Å². The van der Waals surface area contributed by atoms with Gasteiger partial charge in [-0.25, -0.2) is 0 Å². The van der Waals surface area contributed by atoms with E-state index in [1.54, 1.807) is 0 Å². The monoisotopic (exact) mass is 259 g/mol. The predicted molar refractivity (Wildman–Crippen MR) is 79.9 cm³/mol. The second-order valence-corrected chi connectivity index (χ2v) is 5.98. The zero-order valence-corrected chi connectivity index (χ0v) is 12.6. The Labute approximate surface area is 116 Å². The third-order valence-corrected chi connectivity index (χ3v) is 4.52. The molecule has 1 aromatic rings. The molecule has 2 nitrogen and oxygen atoms in total. The summed E-state index contributed by atoms with van der Waals surface area (Å²) in [7, 11) is 0. The standard InChI is InChI=1S/C17H25NO/c1-11-8-12(2)14(4)17(13(11)3)16(19)9-15-6-5-7-18-10-15/h8,15,18H,5-7,9-10H2,1-4H3. The molecule has 1 aromatic carbocycles. The van der Waals surface area contributed by atoms with Crippen LogP contribution in [0.1, 0.15) is 51.9 Å². The Morgan fingerprint density at radius 2 is 1.84 bits per heavy atom. The van der Waals surface area contributed by atoms with Gasteiger partial charge in [-0.2, -0.15) is 0 Å². The Kier molecular flexibility index (Phi) is 4.41. The second kappa shape index (κ2) is 5.87. The van der Waals surface area contributed by atoms with Crippen LogP contribution in [0.15, 0.2) is 6.07 Å². The van der Waals surface area contributed by atoms with E-state index >= 15 is 0 Å². The molecule has 2 rings (SSSR count). The molecular formula is C17H25NO. The van der Waals surface area contributed by atoms with Crippen LogP contribution in [0.4, 0.5) is 0 Å². The van der Waals surface area contributed by atoms with Crippen LogP contribution in [0, 0.1) is 33.6 Å². The highest BCUT2D eigenvalue weighted by Crippen LogP contribution is 2.25. The van der Waals surface area contributed by atoms with Crippen LogP contribution in [-0.2, 0) is 0 Å². The smallest absolute Gasteiger partial charge is 0.163 e. The van der Waals surface area contributed by atoms with Gasteiger partial charge in [0.05, 0.1) is 0 Å².